The molecular formula is C24H26N4O5S. The zero-order valence-corrected chi connectivity index (χ0v) is 19.9. The first-order chi connectivity index (χ1) is 16.4. The second kappa shape index (κ2) is 11.8. The molecule has 3 N–H and O–H groups in total. The average molecular weight is 483 g/mol. The van der Waals surface area contributed by atoms with Crippen molar-refractivity contribution in [3.63, 3.8) is 0 Å². The number of allylic oxidation sites excluding steroid dienone is 1. The highest BCUT2D eigenvalue weighted by atomic mass is 32.1. The number of rotatable bonds is 9. The molecule has 1 amide bonds. The smallest absolute Gasteiger partial charge is 0.338 e. The van der Waals surface area contributed by atoms with E-state index < -0.39 is 17.9 Å². The van der Waals surface area contributed by atoms with Crippen LogP contribution in [0.4, 0.5) is 0 Å². The highest BCUT2D eigenvalue weighted by molar-refractivity contribution is 7.80. The van der Waals surface area contributed by atoms with Crippen LogP contribution in [0.1, 0.15) is 31.0 Å². The Morgan fingerprint density at radius 2 is 1.91 bits per heavy atom. The van der Waals surface area contributed by atoms with Gasteiger partial charge in [-0.25, -0.2) is 10.2 Å². The predicted octanol–water partition coefficient (Wildman–Crippen LogP) is 2.58. The normalized spacial score (nSPS) is 15.4. The minimum absolute atomic E-state index is 0.238. The topological polar surface area (TPSA) is 110 Å². The molecule has 0 fully saturated rings. The molecule has 0 radical (unpaired) electrons. The number of ether oxygens (including phenoxy) is 3. The molecule has 2 aromatic carbocycles. The van der Waals surface area contributed by atoms with Crippen LogP contribution in [0.3, 0.4) is 0 Å². The second-order valence-electron chi connectivity index (χ2n) is 7.18. The zero-order chi connectivity index (χ0) is 24.5. The number of methoxy groups -OCH3 is 1. The molecule has 0 spiro atoms. The van der Waals surface area contributed by atoms with E-state index in [0.29, 0.717) is 27.7 Å². The first-order valence-electron chi connectivity index (χ1n) is 10.6. The van der Waals surface area contributed by atoms with Gasteiger partial charge in [-0.05, 0) is 62.0 Å². The summed E-state index contributed by atoms with van der Waals surface area (Å²) in [6, 6.07) is 13.7. The molecule has 0 aliphatic carbocycles. The maximum Gasteiger partial charge on any atom is 0.338 e. The largest absolute Gasteiger partial charge is 0.497 e. The van der Waals surface area contributed by atoms with E-state index in [1.165, 1.54) is 6.21 Å². The summed E-state index contributed by atoms with van der Waals surface area (Å²) < 4.78 is 16.1. The summed E-state index contributed by atoms with van der Waals surface area (Å²) in [4.78, 5) is 24.9. The zero-order valence-electron chi connectivity index (χ0n) is 19.1. The molecule has 10 heteroatoms. The number of carbonyl (C=O) groups excluding carboxylic acids is 2. The Balaban J connectivity index is 1.69. The van der Waals surface area contributed by atoms with Crippen LogP contribution in [-0.2, 0) is 14.3 Å². The molecule has 1 aliphatic rings. The molecule has 178 valence electrons. The summed E-state index contributed by atoms with van der Waals surface area (Å²) in [6.07, 6.45) is 1.52. The van der Waals surface area contributed by atoms with Gasteiger partial charge in [0.15, 0.2) is 11.7 Å². The van der Waals surface area contributed by atoms with Crippen molar-refractivity contribution in [1.82, 2.24) is 16.1 Å². The fourth-order valence-corrected chi connectivity index (χ4v) is 3.57. The lowest BCUT2D eigenvalue weighted by molar-refractivity contribution is -0.139. The van der Waals surface area contributed by atoms with Crippen molar-refractivity contribution in [3.8, 4) is 11.5 Å². The number of thiocarbonyl (C=S) groups is 1. The maximum absolute atomic E-state index is 12.6. The molecule has 1 heterocycles. The quantitative estimate of drug-likeness (QED) is 0.217. The molecule has 0 aromatic heterocycles. The van der Waals surface area contributed by atoms with Gasteiger partial charge < -0.3 is 24.8 Å². The van der Waals surface area contributed by atoms with Crippen LogP contribution < -0.4 is 25.5 Å². The van der Waals surface area contributed by atoms with Crippen molar-refractivity contribution in [2.45, 2.75) is 19.9 Å². The van der Waals surface area contributed by atoms with Gasteiger partial charge in [-0.3, -0.25) is 4.79 Å². The fraction of sp³-hybridized carbons (Fsp3) is 0.250. The van der Waals surface area contributed by atoms with E-state index in [-0.39, 0.29) is 13.2 Å². The van der Waals surface area contributed by atoms with Gasteiger partial charge in [0.05, 0.1) is 31.5 Å². The lowest BCUT2D eigenvalue weighted by atomic mass is 9.95. The molecule has 9 nitrogen and oxygen atoms in total. The Hall–Kier alpha value is -3.92. The summed E-state index contributed by atoms with van der Waals surface area (Å²) in [7, 11) is 1.59. The molecule has 0 unspecified atom stereocenters. The SMILES string of the molecule is CCOC(=O)C1=C(C)NC(=S)N[C@H]1c1ccccc1OCC(=O)NN=Cc1ccc(OC)cc1. The number of hydrazone groups is 1. The number of benzene rings is 2. The first-order valence-corrected chi connectivity index (χ1v) is 11.0. The van der Waals surface area contributed by atoms with Crippen LogP contribution in [0.2, 0.25) is 0 Å². The van der Waals surface area contributed by atoms with E-state index in [1.54, 1.807) is 51.3 Å². The van der Waals surface area contributed by atoms with Gasteiger partial charge in [-0.2, -0.15) is 5.10 Å². The molecule has 0 bridgehead atoms. The summed E-state index contributed by atoms with van der Waals surface area (Å²) in [5, 5.41) is 10.4. The minimum Gasteiger partial charge on any atom is -0.497 e. The van der Waals surface area contributed by atoms with E-state index in [1.807, 2.05) is 18.2 Å². The number of para-hydroxylation sites is 1. The Morgan fingerprint density at radius 1 is 1.18 bits per heavy atom. The third kappa shape index (κ3) is 6.32. The summed E-state index contributed by atoms with van der Waals surface area (Å²) in [6.45, 7) is 3.46. The van der Waals surface area contributed by atoms with E-state index >= 15 is 0 Å². The number of nitrogens with one attached hydrogen (secondary N) is 3. The molecule has 2 aromatic rings. The average Bonchev–Trinajstić information content (AvgIpc) is 2.83. The molecule has 34 heavy (non-hydrogen) atoms. The van der Waals surface area contributed by atoms with Gasteiger partial charge in [0.2, 0.25) is 0 Å². The van der Waals surface area contributed by atoms with Crippen molar-refractivity contribution >= 4 is 35.4 Å². The van der Waals surface area contributed by atoms with Crippen molar-refractivity contribution in [1.29, 1.82) is 0 Å². The maximum atomic E-state index is 12.6. The van der Waals surface area contributed by atoms with Crippen LogP contribution in [-0.4, -0.2) is 43.5 Å². The highest BCUT2D eigenvalue weighted by Gasteiger charge is 2.32. The Labute approximate surface area is 203 Å². The number of hydrogen-bond donors (Lipinski definition) is 3. The fourth-order valence-electron chi connectivity index (χ4n) is 3.30. The number of esters is 1. The van der Waals surface area contributed by atoms with Crippen LogP contribution in [0.25, 0.3) is 0 Å². The van der Waals surface area contributed by atoms with Crippen LogP contribution >= 0.6 is 12.2 Å². The Kier molecular flexibility index (Phi) is 8.58. The van der Waals surface area contributed by atoms with Gasteiger partial charge in [0.1, 0.15) is 11.5 Å². The molecular weight excluding hydrogens is 456 g/mol. The molecule has 1 atom stereocenters. The van der Waals surface area contributed by atoms with Gasteiger partial charge in [0, 0.05) is 11.3 Å². The minimum atomic E-state index is -0.597. The lowest BCUT2D eigenvalue weighted by Gasteiger charge is -2.30. The van der Waals surface area contributed by atoms with E-state index in [0.717, 1.165) is 11.3 Å². The monoisotopic (exact) mass is 482 g/mol. The van der Waals surface area contributed by atoms with Crippen LogP contribution in [0, 0.1) is 0 Å². The molecule has 0 saturated carbocycles. The van der Waals surface area contributed by atoms with Crippen molar-refractivity contribution in [2.24, 2.45) is 5.10 Å². The van der Waals surface area contributed by atoms with Crippen LogP contribution in [0.15, 0.2) is 64.9 Å². The van der Waals surface area contributed by atoms with Gasteiger partial charge in [-0.15, -0.1) is 0 Å². The van der Waals surface area contributed by atoms with Gasteiger partial charge in [0.25, 0.3) is 5.91 Å². The predicted molar refractivity (Wildman–Crippen MR) is 132 cm³/mol. The third-order valence-corrected chi connectivity index (χ3v) is 5.09. The van der Waals surface area contributed by atoms with Crippen molar-refractivity contribution < 1.29 is 23.8 Å². The molecule has 0 saturated heterocycles. The van der Waals surface area contributed by atoms with E-state index in [4.69, 9.17) is 26.4 Å². The van der Waals surface area contributed by atoms with E-state index in [9.17, 15) is 9.59 Å². The summed E-state index contributed by atoms with van der Waals surface area (Å²) >= 11 is 5.28. The Bertz CT molecular complexity index is 1110. The van der Waals surface area contributed by atoms with Crippen LogP contribution in [0.5, 0.6) is 11.5 Å². The van der Waals surface area contributed by atoms with Gasteiger partial charge in [-0.1, -0.05) is 18.2 Å². The number of amides is 1. The van der Waals surface area contributed by atoms with Gasteiger partial charge >= 0.3 is 5.97 Å². The first kappa shape index (κ1) is 24.7. The number of hydrogen-bond acceptors (Lipinski definition) is 7. The summed E-state index contributed by atoms with van der Waals surface area (Å²) in [5.74, 6) is 0.251. The number of carbonyl (C=O) groups is 2. The van der Waals surface area contributed by atoms with Crippen molar-refractivity contribution in [3.05, 3.63) is 70.9 Å². The number of nitrogens with zero attached hydrogens (tertiary/aromatic N) is 1. The van der Waals surface area contributed by atoms with Crippen molar-refractivity contribution in [2.75, 3.05) is 20.3 Å². The standard InChI is InChI=1S/C24H26N4O5S/c1-4-32-23(30)21-15(2)26-24(34)27-22(21)18-7-5-6-8-19(18)33-14-20(29)28-25-13-16-9-11-17(31-3)12-10-16/h5-13,22H,4,14H2,1-3H3,(H,28,29)(H2,26,27,34)/t22-/m0/s1. The highest BCUT2D eigenvalue weighted by Crippen LogP contribution is 2.33. The Morgan fingerprint density at radius 3 is 2.62 bits per heavy atom. The summed E-state index contributed by atoms with van der Waals surface area (Å²) in [5.41, 5.74) is 4.85. The second-order valence-corrected chi connectivity index (χ2v) is 7.59. The molecule has 3 rings (SSSR count). The third-order valence-electron chi connectivity index (χ3n) is 4.87. The lowest BCUT2D eigenvalue weighted by Crippen LogP contribution is -2.45. The molecule has 1 aliphatic heterocycles. The van der Waals surface area contributed by atoms with E-state index in [2.05, 4.69) is 21.2 Å².